The number of hydrogen-bond donors (Lipinski definition) is 1. The maximum Gasteiger partial charge on any atom is 0.338 e. The van der Waals surface area contributed by atoms with Crippen LogP contribution in [-0.4, -0.2) is 12.6 Å². The molecule has 1 aromatic rings. The lowest BCUT2D eigenvalue weighted by Gasteiger charge is -2.04. The summed E-state index contributed by atoms with van der Waals surface area (Å²) >= 11 is 9.36. The standard InChI is InChI=1S/C9H8ClFO2S/c1-2-13-9(12)5-3-6(10)8(11)7(14)4-5/h3-4,14H,2H2,1H3. The molecule has 0 heterocycles. The van der Waals surface area contributed by atoms with E-state index in [1.54, 1.807) is 6.92 Å². The predicted octanol–water partition coefficient (Wildman–Crippen LogP) is 2.94. The third kappa shape index (κ3) is 2.39. The largest absolute Gasteiger partial charge is 0.462 e. The van der Waals surface area contributed by atoms with Crippen molar-refractivity contribution in [3.63, 3.8) is 0 Å². The monoisotopic (exact) mass is 234 g/mol. The quantitative estimate of drug-likeness (QED) is 0.629. The average Bonchev–Trinajstić information content (AvgIpc) is 2.13. The van der Waals surface area contributed by atoms with Crippen molar-refractivity contribution < 1.29 is 13.9 Å². The minimum atomic E-state index is -0.636. The van der Waals surface area contributed by atoms with Gasteiger partial charge in [0.15, 0.2) is 5.82 Å². The number of ether oxygens (including phenoxy) is 1. The van der Waals surface area contributed by atoms with Crippen LogP contribution in [0.5, 0.6) is 0 Å². The van der Waals surface area contributed by atoms with Crippen molar-refractivity contribution >= 4 is 30.2 Å². The number of halogens is 2. The van der Waals surface area contributed by atoms with Crippen LogP contribution in [-0.2, 0) is 4.74 Å². The highest BCUT2D eigenvalue weighted by Crippen LogP contribution is 2.23. The molecule has 1 aromatic carbocycles. The zero-order valence-corrected chi connectivity index (χ0v) is 9.03. The first kappa shape index (κ1) is 11.3. The van der Waals surface area contributed by atoms with Crippen molar-refractivity contribution in [3.8, 4) is 0 Å². The molecular weight excluding hydrogens is 227 g/mol. The smallest absolute Gasteiger partial charge is 0.338 e. The van der Waals surface area contributed by atoms with Crippen LogP contribution in [0.3, 0.4) is 0 Å². The Morgan fingerprint density at radius 3 is 2.79 bits per heavy atom. The molecule has 0 N–H and O–H groups in total. The van der Waals surface area contributed by atoms with E-state index in [9.17, 15) is 9.18 Å². The number of carbonyl (C=O) groups is 1. The Balaban J connectivity index is 3.06. The maximum atomic E-state index is 13.0. The fourth-order valence-corrected chi connectivity index (χ4v) is 1.45. The van der Waals surface area contributed by atoms with Gasteiger partial charge in [-0.3, -0.25) is 0 Å². The molecule has 0 aliphatic rings. The minimum Gasteiger partial charge on any atom is -0.462 e. The lowest BCUT2D eigenvalue weighted by atomic mass is 10.2. The van der Waals surface area contributed by atoms with Crippen LogP contribution < -0.4 is 0 Å². The molecule has 0 radical (unpaired) electrons. The molecule has 0 amide bonds. The van der Waals surface area contributed by atoms with E-state index in [1.807, 2.05) is 0 Å². The van der Waals surface area contributed by atoms with Crippen LogP contribution in [0, 0.1) is 5.82 Å². The topological polar surface area (TPSA) is 26.3 Å². The van der Waals surface area contributed by atoms with Gasteiger partial charge in [0.05, 0.1) is 17.2 Å². The molecule has 0 aliphatic heterocycles. The van der Waals surface area contributed by atoms with Gasteiger partial charge in [0.2, 0.25) is 0 Å². The summed E-state index contributed by atoms with van der Waals surface area (Å²) in [7, 11) is 0. The van der Waals surface area contributed by atoms with Crippen molar-refractivity contribution in [2.75, 3.05) is 6.61 Å². The SMILES string of the molecule is CCOC(=O)c1cc(S)c(F)c(Cl)c1. The zero-order chi connectivity index (χ0) is 10.7. The van der Waals surface area contributed by atoms with Gasteiger partial charge in [-0.05, 0) is 19.1 Å². The first-order valence-corrected chi connectivity index (χ1v) is 4.74. The maximum absolute atomic E-state index is 13.0. The van der Waals surface area contributed by atoms with E-state index >= 15 is 0 Å². The third-order valence-corrected chi connectivity index (χ3v) is 2.12. The first-order chi connectivity index (χ1) is 6.56. The molecule has 0 atom stereocenters. The van der Waals surface area contributed by atoms with Crippen LogP contribution in [0.2, 0.25) is 5.02 Å². The van der Waals surface area contributed by atoms with Gasteiger partial charge in [0.25, 0.3) is 0 Å². The number of carbonyl (C=O) groups excluding carboxylic acids is 1. The van der Waals surface area contributed by atoms with Gasteiger partial charge in [-0.2, -0.15) is 0 Å². The van der Waals surface area contributed by atoms with Crippen molar-refractivity contribution in [2.45, 2.75) is 11.8 Å². The summed E-state index contributed by atoms with van der Waals surface area (Å²) in [5.74, 6) is -1.17. The molecule has 1 rings (SSSR count). The summed E-state index contributed by atoms with van der Waals surface area (Å²) in [4.78, 5) is 11.3. The summed E-state index contributed by atoms with van der Waals surface area (Å²) in [5, 5.41) is -0.138. The van der Waals surface area contributed by atoms with E-state index in [4.69, 9.17) is 16.3 Å². The van der Waals surface area contributed by atoms with Gasteiger partial charge in [0, 0.05) is 4.90 Å². The fraction of sp³-hybridized carbons (Fsp3) is 0.222. The van der Waals surface area contributed by atoms with Gasteiger partial charge in [-0.15, -0.1) is 12.6 Å². The summed E-state index contributed by atoms with van der Waals surface area (Å²) in [6.07, 6.45) is 0. The van der Waals surface area contributed by atoms with Crippen LogP contribution in [0.15, 0.2) is 17.0 Å². The lowest BCUT2D eigenvalue weighted by molar-refractivity contribution is 0.0526. The van der Waals surface area contributed by atoms with E-state index in [1.165, 1.54) is 12.1 Å². The molecule has 0 fully saturated rings. The highest BCUT2D eigenvalue weighted by Gasteiger charge is 2.12. The minimum absolute atomic E-state index is 0.0283. The molecule has 76 valence electrons. The van der Waals surface area contributed by atoms with Gasteiger partial charge in [-0.25, -0.2) is 9.18 Å². The Kier molecular flexibility index (Phi) is 3.77. The third-order valence-electron chi connectivity index (χ3n) is 1.52. The van der Waals surface area contributed by atoms with Crippen molar-refractivity contribution in [3.05, 3.63) is 28.5 Å². The molecule has 0 aromatic heterocycles. The highest BCUT2D eigenvalue weighted by atomic mass is 35.5. The molecule has 0 unspecified atom stereocenters. The van der Waals surface area contributed by atoms with Crippen LogP contribution in [0.4, 0.5) is 4.39 Å². The van der Waals surface area contributed by atoms with Gasteiger partial charge in [-0.1, -0.05) is 11.6 Å². The van der Waals surface area contributed by atoms with E-state index < -0.39 is 11.8 Å². The van der Waals surface area contributed by atoms with Crippen molar-refractivity contribution in [2.24, 2.45) is 0 Å². The molecule has 14 heavy (non-hydrogen) atoms. The predicted molar refractivity (Wildman–Crippen MR) is 54.6 cm³/mol. The van der Waals surface area contributed by atoms with Crippen LogP contribution in [0.1, 0.15) is 17.3 Å². The summed E-state index contributed by atoms with van der Waals surface area (Å²) < 4.78 is 17.7. The van der Waals surface area contributed by atoms with E-state index in [0.29, 0.717) is 0 Å². The zero-order valence-electron chi connectivity index (χ0n) is 7.38. The molecule has 5 heteroatoms. The van der Waals surface area contributed by atoms with Gasteiger partial charge >= 0.3 is 5.97 Å². The molecular formula is C9H8ClFO2S. The molecule has 0 saturated carbocycles. The molecule has 0 spiro atoms. The normalized spacial score (nSPS) is 10.0. The Morgan fingerprint density at radius 1 is 1.64 bits per heavy atom. The number of hydrogen-bond acceptors (Lipinski definition) is 3. The molecule has 2 nitrogen and oxygen atoms in total. The van der Waals surface area contributed by atoms with E-state index in [2.05, 4.69) is 12.6 Å². The molecule has 0 aliphatic carbocycles. The summed E-state index contributed by atoms with van der Waals surface area (Å²) in [6, 6.07) is 2.50. The van der Waals surface area contributed by atoms with Gasteiger partial charge in [0.1, 0.15) is 0 Å². The van der Waals surface area contributed by atoms with E-state index in [0.717, 1.165) is 0 Å². The van der Waals surface area contributed by atoms with Crippen LogP contribution in [0.25, 0.3) is 0 Å². The average molecular weight is 235 g/mol. The van der Waals surface area contributed by atoms with Crippen molar-refractivity contribution in [1.29, 1.82) is 0 Å². The Hall–Kier alpha value is -0.740. The summed E-state index contributed by atoms with van der Waals surface area (Å²) in [6.45, 7) is 1.94. The second kappa shape index (κ2) is 4.66. The second-order valence-corrected chi connectivity index (χ2v) is 3.40. The number of benzene rings is 1. The number of thiol groups is 1. The number of esters is 1. The highest BCUT2D eigenvalue weighted by molar-refractivity contribution is 7.80. The van der Waals surface area contributed by atoms with Crippen LogP contribution >= 0.6 is 24.2 Å². The fourth-order valence-electron chi connectivity index (χ4n) is 0.907. The Labute approximate surface area is 91.4 Å². The molecule has 0 saturated heterocycles. The first-order valence-electron chi connectivity index (χ1n) is 3.91. The lowest BCUT2D eigenvalue weighted by Crippen LogP contribution is -2.05. The van der Waals surface area contributed by atoms with Crippen molar-refractivity contribution in [1.82, 2.24) is 0 Å². The molecule has 0 bridgehead atoms. The Bertz CT molecular complexity index is 345. The number of rotatable bonds is 2. The van der Waals surface area contributed by atoms with Gasteiger partial charge < -0.3 is 4.74 Å². The Morgan fingerprint density at radius 2 is 2.29 bits per heavy atom. The van der Waals surface area contributed by atoms with E-state index in [-0.39, 0.29) is 22.1 Å². The summed E-state index contributed by atoms with van der Waals surface area (Å²) in [5.41, 5.74) is 0.197. The second-order valence-electron chi connectivity index (χ2n) is 2.51.